The minimum Gasteiger partial charge on any atom is -0.333 e. The smallest absolute Gasteiger partial charge is 0.279 e. The molecule has 2 aromatic carbocycles. The third-order valence-corrected chi connectivity index (χ3v) is 4.02. The molecule has 0 atom stereocenters. The summed E-state index contributed by atoms with van der Waals surface area (Å²) in [5.41, 5.74) is 3.41. The molecule has 0 unspecified atom stereocenters. The summed E-state index contributed by atoms with van der Waals surface area (Å²) in [6, 6.07) is 18.0. The number of nitrogens with zero attached hydrogens (tertiary/aromatic N) is 3. The highest BCUT2D eigenvalue weighted by molar-refractivity contribution is 6.02. The van der Waals surface area contributed by atoms with E-state index < -0.39 is 0 Å². The van der Waals surface area contributed by atoms with E-state index in [1.165, 1.54) is 0 Å². The zero-order valence-electron chi connectivity index (χ0n) is 12.2. The Bertz CT molecular complexity index is 1030. The first kappa shape index (κ1) is 12.8. The van der Waals surface area contributed by atoms with Crippen LogP contribution in [0.15, 0.2) is 65.7 Å². The third-order valence-electron chi connectivity index (χ3n) is 4.02. The van der Waals surface area contributed by atoms with Gasteiger partial charge in [-0.05, 0) is 11.6 Å². The van der Waals surface area contributed by atoms with Crippen molar-refractivity contribution in [1.29, 1.82) is 0 Å². The first-order chi connectivity index (χ1) is 10.8. The maximum absolute atomic E-state index is 12.8. The van der Waals surface area contributed by atoms with Gasteiger partial charge in [-0.15, -0.1) is 0 Å². The highest BCUT2D eigenvalue weighted by Gasteiger charge is 2.14. The van der Waals surface area contributed by atoms with Gasteiger partial charge in [-0.3, -0.25) is 4.79 Å². The number of aromatic nitrogens is 3. The van der Waals surface area contributed by atoms with Gasteiger partial charge >= 0.3 is 0 Å². The van der Waals surface area contributed by atoms with Gasteiger partial charge in [-0.1, -0.05) is 48.5 Å². The summed E-state index contributed by atoms with van der Waals surface area (Å²) >= 11 is 0. The molecule has 108 valence electrons. The van der Waals surface area contributed by atoms with Gasteiger partial charge in [0.1, 0.15) is 0 Å². The van der Waals surface area contributed by atoms with Crippen molar-refractivity contribution >= 4 is 21.9 Å². The van der Waals surface area contributed by atoms with E-state index in [-0.39, 0.29) is 5.56 Å². The molecule has 0 aliphatic carbocycles. The SMILES string of the molecule is Cn1cnc2c(=O)n(Cc3ccccc3)c3ccccc3c21. The Hall–Kier alpha value is -2.88. The molecule has 0 aliphatic heterocycles. The summed E-state index contributed by atoms with van der Waals surface area (Å²) in [7, 11) is 1.92. The molecule has 2 aromatic heterocycles. The van der Waals surface area contributed by atoms with E-state index in [9.17, 15) is 4.79 Å². The van der Waals surface area contributed by atoms with Crippen LogP contribution in [0.5, 0.6) is 0 Å². The molecule has 4 aromatic rings. The summed E-state index contributed by atoms with van der Waals surface area (Å²) in [4.78, 5) is 17.1. The van der Waals surface area contributed by atoms with Gasteiger partial charge in [-0.25, -0.2) is 4.98 Å². The van der Waals surface area contributed by atoms with Crippen molar-refractivity contribution in [3.8, 4) is 0 Å². The lowest BCUT2D eigenvalue weighted by molar-refractivity contribution is 0.800. The Labute approximate surface area is 127 Å². The molecule has 0 fully saturated rings. The second-order valence-corrected chi connectivity index (χ2v) is 5.45. The summed E-state index contributed by atoms with van der Waals surface area (Å²) in [5, 5.41) is 1.05. The lowest BCUT2D eigenvalue weighted by atomic mass is 10.1. The zero-order chi connectivity index (χ0) is 15.1. The Morgan fingerprint density at radius 3 is 2.55 bits per heavy atom. The second kappa shape index (κ2) is 4.84. The van der Waals surface area contributed by atoms with E-state index in [0.29, 0.717) is 12.1 Å². The first-order valence-corrected chi connectivity index (χ1v) is 7.22. The molecule has 0 radical (unpaired) electrons. The van der Waals surface area contributed by atoms with Crippen LogP contribution in [0.2, 0.25) is 0 Å². The topological polar surface area (TPSA) is 39.8 Å². The molecule has 22 heavy (non-hydrogen) atoms. The normalized spacial score (nSPS) is 11.3. The van der Waals surface area contributed by atoms with Crippen LogP contribution >= 0.6 is 0 Å². The van der Waals surface area contributed by atoms with Crippen LogP contribution in [-0.2, 0) is 13.6 Å². The third kappa shape index (κ3) is 1.84. The number of aryl methyl sites for hydroxylation is 1. The Kier molecular flexibility index (Phi) is 2.82. The summed E-state index contributed by atoms with van der Waals surface area (Å²) in [5.74, 6) is 0. The molecule has 0 N–H and O–H groups in total. The Morgan fingerprint density at radius 2 is 1.73 bits per heavy atom. The van der Waals surface area contributed by atoms with Crippen molar-refractivity contribution < 1.29 is 0 Å². The maximum atomic E-state index is 12.8. The predicted octanol–water partition coefficient (Wildman–Crippen LogP) is 2.94. The largest absolute Gasteiger partial charge is 0.333 e. The van der Waals surface area contributed by atoms with Gasteiger partial charge in [0.15, 0.2) is 5.52 Å². The van der Waals surface area contributed by atoms with Crippen LogP contribution in [0.4, 0.5) is 0 Å². The number of hydrogen-bond donors (Lipinski definition) is 0. The summed E-state index contributed by atoms with van der Waals surface area (Å²) in [6.07, 6.45) is 1.70. The molecule has 0 aliphatic rings. The van der Waals surface area contributed by atoms with Crippen molar-refractivity contribution in [2.45, 2.75) is 6.54 Å². The average Bonchev–Trinajstić information content (AvgIpc) is 2.95. The van der Waals surface area contributed by atoms with Gasteiger partial charge in [-0.2, -0.15) is 0 Å². The molecule has 0 bridgehead atoms. The molecular formula is C18H15N3O. The fraction of sp³-hybridized carbons (Fsp3) is 0.111. The number of rotatable bonds is 2. The summed E-state index contributed by atoms with van der Waals surface area (Å²) in [6.45, 7) is 0.548. The number of para-hydroxylation sites is 1. The van der Waals surface area contributed by atoms with Crippen molar-refractivity contribution in [2.75, 3.05) is 0 Å². The fourth-order valence-electron chi connectivity index (χ4n) is 2.97. The highest BCUT2D eigenvalue weighted by Crippen LogP contribution is 2.22. The molecule has 0 spiro atoms. The van der Waals surface area contributed by atoms with Crippen molar-refractivity contribution in [3.05, 3.63) is 76.8 Å². The first-order valence-electron chi connectivity index (χ1n) is 7.22. The van der Waals surface area contributed by atoms with E-state index in [1.807, 2.05) is 66.2 Å². The number of fused-ring (bicyclic) bond motifs is 3. The Morgan fingerprint density at radius 1 is 1.00 bits per heavy atom. The van der Waals surface area contributed by atoms with Gasteiger partial charge in [0.05, 0.1) is 23.9 Å². The zero-order valence-corrected chi connectivity index (χ0v) is 12.2. The standard InChI is InChI=1S/C18H15N3O/c1-20-12-19-16-17(20)14-9-5-6-10-15(14)21(18(16)22)11-13-7-3-2-4-8-13/h2-10,12H,11H2,1H3. The maximum Gasteiger partial charge on any atom is 0.279 e. The summed E-state index contributed by atoms with van der Waals surface area (Å²) < 4.78 is 3.71. The minimum absolute atomic E-state index is 0.0434. The van der Waals surface area contributed by atoms with E-state index >= 15 is 0 Å². The minimum atomic E-state index is -0.0434. The second-order valence-electron chi connectivity index (χ2n) is 5.45. The molecule has 0 saturated carbocycles. The quantitative estimate of drug-likeness (QED) is 0.569. The van der Waals surface area contributed by atoms with Crippen LogP contribution in [0, 0.1) is 0 Å². The fourth-order valence-corrected chi connectivity index (χ4v) is 2.97. The number of hydrogen-bond acceptors (Lipinski definition) is 2. The van der Waals surface area contributed by atoms with Crippen molar-refractivity contribution in [2.24, 2.45) is 7.05 Å². The van der Waals surface area contributed by atoms with Gasteiger partial charge in [0.25, 0.3) is 5.56 Å². The molecule has 4 rings (SSSR count). The van der Waals surface area contributed by atoms with E-state index in [4.69, 9.17) is 0 Å². The van der Waals surface area contributed by atoms with E-state index in [0.717, 1.165) is 22.0 Å². The number of pyridine rings is 1. The van der Waals surface area contributed by atoms with Gasteiger partial charge < -0.3 is 9.13 Å². The lowest BCUT2D eigenvalue weighted by Gasteiger charge is -2.12. The molecular weight excluding hydrogens is 274 g/mol. The van der Waals surface area contributed by atoms with Crippen LogP contribution in [-0.4, -0.2) is 14.1 Å². The van der Waals surface area contributed by atoms with Crippen molar-refractivity contribution in [3.63, 3.8) is 0 Å². The monoisotopic (exact) mass is 289 g/mol. The van der Waals surface area contributed by atoms with Crippen LogP contribution in [0.1, 0.15) is 5.56 Å². The van der Waals surface area contributed by atoms with E-state index in [2.05, 4.69) is 4.98 Å². The average molecular weight is 289 g/mol. The van der Waals surface area contributed by atoms with Crippen molar-refractivity contribution in [1.82, 2.24) is 14.1 Å². The molecule has 4 nitrogen and oxygen atoms in total. The number of imidazole rings is 1. The van der Waals surface area contributed by atoms with Crippen LogP contribution < -0.4 is 5.56 Å². The highest BCUT2D eigenvalue weighted by atomic mass is 16.1. The van der Waals surface area contributed by atoms with Gasteiger partial charge in [0, 0.05) is 12.4 Å². The Balaban J connectivity index is 2.08. The van der Waals surface area contributed by atoms with Crippen LogP contribution in [0.3, 0.4) is 0 Å². The number of benzene rings is 2. The van der Waals surface area contributed by atoms with Gasteiger partial charge in [0.2, 0.25) is 0 Å². The molecule has 0 amide bonds. The molecule has 4 heteroatoms. The van der Waals surface area contributed by atoms with E-state index in [1.54, 1.807) is 10.9 Å². The lowest BCUT2D eigenvalue weighted by Crippen LogP contribution is -2.21. The molecule has 0 saturated heterocycles. The van der Waals surface area contributed by atoms with Crippen LogP contribution in [0.25, 0.3) is 21.9 Å². The molecule has 2 heterocycles. The predicted molar refractivity (Wildman–Crippen MR) is 88.0 cm³/mol.